The molecule has 0 fully saturated rings. The highest BCUT2D eigenvalue weighted by Crippen LogP contribution is 2.26. The van der Waals surface area contributed by atoms with Crippen molar-refractivity contribution in [2.45, 2.75) is 58.3 Å². The number of nitrogens with zero attached hydrogens (tertiary/aromatic N) is 2. The number of fused-ring (bicyclic) bond motifs is 1. The van der Waals surface area contributed by atoms with E-state index in [0.717, 1.165) is 47.1 Å². The standard InChI is InChI=1S/C21H32N4O2S/c1-15(2)9-11-25-18-13-16(22)7-8-17(18)24-20(25)28-12-6-10-23-14-19(26)27-21(3,4)5/h7-9,13,23H,6,10-12,14,22H2,1-5H3. The summed E-state index contributed by atoms with van der Waals surface area (Å²) in [5.74, 6) is 0.691. The summed E-state index contributed by atoms with van der Waals surface area (Å²) in [7, 11) is 0. The summed E-state index contributed by atoms with van der Waals surface area (Å²) in [6.45, 7) is 11.6. The van der Waals surface area contributed by atoms with Gasteiger partial charge in [0.05, 0.1) is 17.6 Å². The van der Waals surface area contributed by atoms with Crippen LogP contribution in [0.25, 0.3) is 11.0 Å². The summed E-state index contributed by atoms with van der Waals surface area (Å²) >= 11 is 1.72. The van der Waals surface area contributed by atoms with E-state index in [2.05, 4.69) is 29.8 Å². The Labute approximate surface area is 171 Å². The number of rotatable bonds is 9. The highest BCUT2D eigenvalue weighted by Gasteiger charge is 2.15. The minimum atomic E-state index is -0.442. The smallest absolute Gasteiger partial charge is 0.320 e. The van der Waals surface area contributed by atoms with Gasteiger partial charge >= 0.3 is 5.97 Å². The third-order valence-electron chi connectivity index (χ3n) is 3.84. The second-order valence-electron chi connectivity index (χ2n) is 8.00. The molecule has 0 bridgehead atoms. The van der Waals surface area contributed by atoms with Gasteiger partial charge < -0.3 is 20.4 Å². The van der Waals surface area contributed by atoms with Crippen molar-refractivity contribution in [3.8, 4) is 0 Å². The average Bonchev–Trinajstić information content (AvgIpc) is 2.91. The molecule has 0 aliphatic carbocycles. The van der Waals surface area contributed by atoms with Gasteiger partial charge in [-0.05, 0) is 65.8 Å². The molecule has 1 heterocycles. The zero-order chi connectivity index (χ0) is 20.7. The third-order valence-corrected chi connectivity index (χ3v) is 4.90. The van der Waals surface area contributed by atoms with E-state index in [1.54, 1.807) is 11.8 Å². The molecule has 0 aliphatic heterocycles. The summed E-state index contributed by atoms with van der Waals surface area (Å²) in [6, 6.07) is 5.83. The van der Waals surface area contributed by atoms with Gasteiger partial charge in [0.25, 0.3) is 0 Å². The molecule has 6 nitrogen and oxygen atoms in total. The van der Waals surface area contributed by atoms with Gasteiger partial charge in [0.1, 0.15) is 5.60 Å². The first-order valence-corrected chi connectivity index (χ1v) is 10.6. The molecule has 0 atom stereocenters. The van der Waals surface area contributed by atoms with Crippen molar-refractivity contribution in [3.05, 3.63) is 29.8 Å². The first-order valence-electron chi connectivity index (χ1n) is 9.60. The van der Waals surface area contributed by atoms with Crippen molar-refractivity contribution in [3.63, 3.8) is 0 Å². The maximum atomic E-state index is 11.7. The van der Waals surface area contributed by atoms with Crippen LogP contribution in [-0.2, 0) is 16.1 Å². The maximum absolute atomic E-state index is 11.7. The van der Waals surface area contributed by atoms with Crippen molar-refractivity contribution in [1.82, 2.24) is 14.9 Å². The molecule has 0 aliphatic rings. The van der Waals surface area contributed by atoms with Gasteiger partial charge in [-0.25, -0.2) is 4.98 Å². The van der Waals surface area contributed by atoms with Crippen LogP contribution >= 0.6 is 11.8 Å². The van der Waals surface area contributed by atoms with Gasteiger partial charge in [-0.15, -0.1) is 0 Å². The van der Waals surface area contributed by atoms with Crippen molar-refractivity contribution in [1.29, 1.82) is 0 Å². The largest absolute Gasteiger partial charge is 0.459 e. The topological polar surface area (TPSA) is 82.2 Å². The lowest BCUT2D eigenvalue weighted by atomic mass is 10.2. The van der Waals surface area contributed by atoms with Gasteiger partial charge in [-0.1, -0.05) is 23.4 Å². The number of esters is 1. The predicted octanol–water partition coefficient (Wildman–Crippen LogP) is 4.00. The Balaban J connectivity index is 1.89. The molecular weight excluding hydrogens is 372 g/mol. The number of carbonyl (C=O) groups is 1. The Morgan fingerprint density at radius 1 is 1.36 bits per heavy atom. The second kappa shape index (κ2) is 9.98. The molecule has 1 aromatic carbocycles. The Morgan fingerprint density at radius 2 is 2.11 bits per heavy atom. The van der Waals surface area contributed by atoms with Crippen LogP contribution in [0.1, 0.15) is 41.0 Å². The van der Waals surface area contributed by atoms with Crippen LogP contribution in [0.5, 0.6) is 0 Å². The van der Waals surface area contributed by atoms with Crippen molar-refractivity contribution < 1.29 is 9.53 Å². The number of hydrogen-bond donors (Lipinski definition) is 2. The molecular formula is C21H32N4O2S. The van der Waals surface area contributed by atoms with Crippen molar-refractivity contribution in [2.24, 2.45) is 0 Å². The molecule has 3 N–H and O–H groups in total. The van der Waals surface area contributed by atoms with Crippen molar-refractivity contribution >= 4 is 34.5 Å². The summed E-state index contributed by atoms with van der Waals surface area (Å²) in [6.07, 6.45) is 3.12. The Hall–Kier alpha value is -1.99. The number of carbonyl (C=O) groups excluding carboxylic acids is 1. The number of ether oxygens (including phenoxy) is 1. The Morgan fingerprint density at radius 3 is 2.79 bits per heavy atom. The first kappa shape index (κ1) is 22.3. The maximum Gasteiger partial charge on any atom is 0.320 e. The molecule has 0 radical (unpaired) electrons. The third kappa shape index (κ3) is 7.20. The van der Waals surface area contributed by atoms with E-state index in [1.807, 2.05) is 39.0 Å². The van der Waals surface area contributed by atoms with Gasteiger partial charge in [0.15, 0.2) is 5.16 Å². The fraction of sp³-hybridized carbons (Fsp3) is 0.524. The number of benzene rings is 1. The summed E-state index contributed by atoms with van der Waals surface area (Å²) in [5.41, 5.74) is 9.56. The quantitative estimate of drug-likeness (QED) is 0.216. The second-order valence-corrected chi connectivity index (χ2v) is 9.06. The van der Waals surface area contributed by atoms with Crippen LogP contribution in [0, 0.1) is 0 Å². The van der Waals surface area contributed by atoms with E-state index in [-0.39, 0.29) is 12.5 Å². The van der Waals surface area contributed by atoms with Crippen LogP contribution in [0.2, 0.25) is 0 Å². The zero-order valence-corrected chi connectivity index (χ0v) is 18.4. The fourth-order valence-corrected chi connectivity index (χ4v) is 3.57. The molecule has 0 amide bonds. The number of thioether (sulfide) groups is 1. The number of anilines is 1. The normalized spacial score (nSPS) is 11.6. The predicted molar refractivity (Wildman–Crippen MR) is 118 cm³/mol. The van der Waals surface area contributed by atoms with E-state index in [1.165, 1.54) is 5.57 Å². The minimum Gasteiger partial charge on any atom is -0.459 e. The van der Waals surface area contributed by atoms with Gasteiger partial charge in [0.2, 0.25) is 0 Å². The summed E-state index contributed by atoms with van der Waals surface area (Å²) in [5, 5.41) is 4.13. The molecule has 154 valence electrons. The molecule has 0 saturated carbocycles. The van der Waals surface area contributed by atoms with Crippen LogP contribution in [0.3, 0.4) is 0 Å². The van der Waals surface area contributed by atoms with Crippen LogP contribution in [0.4, 0.5) is 5.69 Å². The lowest BCUT2D eigenvalue weighted by molar-refractivity contribution is -0.153. The van der Waals surface area contributed by atoms with Crippen molar-refractivity contribution in [2.75, 3.05) is 24.6 Å². The lowest BCUT2D eigenvalue weighted by Crippen LogP contribution is -2.32. The fourth-order valence-electron chi connectivity index (χ4n) is 2.61. The highest BCUT2D eigenvalue weighted by molar-refractivity contribution is 7.99. The summed E-state index contributed by atoms with van der Waals surface area (Å²) < 4.78 is 7.49. The molecule has 7 heteroatoms. The zero-order valence-electron chi connectivity index (χ0n) is 17.5. The first-order chi connectivity index (χ1) is 13.2. The van der Waals surface area contributed by atoms with Crippen LogP contribution < -0.4 is 11.1 Å². The van der Waals surface area contributed by atoms with E-state index >= 15 is 0 Å². The molecule has 0 unspecified atom stereocenters. The van der Waals surface area contributed by atoms with Gasteiger partial charge in [0, 0.05) is 18.0 Å². The number of nitrogen functional groups attached to an aromatic ring is 1. The van der Waals surface area contributed by atoms with Gasteiger partial charge in [-0.3, -0.25) is 4.79 Å². The number of nitrogens with one attached hydrogen (secondary N) is 1. The molecule has 28 heavy (non-hydrogen) atoms. The van der Waals surface area contributed by atoms with E-state index < -0.39 is 5.60 Å². The molecule has 2 rings (SSSR count). The summed E-state index contributed by atoms with van der Waals surface area (Å²) in [4.78, 5) is 16.5. The van der Waals surface area contributed by atoms with E-state index in [0.29, 0.717) is 0 Å². The average molecular weight is 405 g/mol. The number of hydrogen-bond acceptors (Lipinski definition) is 6. The molecule has 0 saturated heterocycles. The van der Waals surface area contributed by atoms with Crippen LogP contribution in [-0.4, -0.2) is 40.0 Å². The Kier molecular flexibility index (Phi) is 7.95. The minimum absolute atomic E-state index is 0.221. The van der Waals surface area contributed by atoms with Crippen LogP contribution in [0.15, 0.2) is 35.0 Å². The SMILES string of the molecule is CC(C)=CCn1c(SCCCNCC(=O)OC(C)(C)C)nc2ccc(N)cc21. The molecule has 2 aromatic rings. The highest BCUT2D eigenvalue weighted by atomic mass is 32.2. The molecule has 1 aromatic heterocycles. The number of nitrogens with two attached hydrogens (primary N) is 1. The number of allylic oxidation sites excluding steroid dienone is 2. The Bertz CT molecular complexity index is 833. The number of aromatic nitrogens is 2. The monoisotopic (exact) mass is 404 g/mol. The van der Waals surface area contributed by atoms with E-state index in [4.69, 9.17) is 15.5 Å². The van der Waals surface area contributed by atoms with Gasteiger partial charge in [-0.2, -0.15) is 0 Å². The number of imidazole rings is 1. The lowest BCUT2D eigenvalue weighted by Gasteiger charge is -2.19. The molecule has 0 spiro atoms. The van der Waals surface area contributed by atoms with E-state index in [9.17, 15) is 4.79 Å².